The third-order valence-corrected chi connectivity index (χ3v) is 5.37. The van der Waals surface area contributed by atoms with Gasteiger partial charge in [0.25, 0.3) is 0 Å². The molecule has 0 aliphatic carbocycles. The lowest BCUT2D eigenvalue weighted by molar-refractivity contribution is 0.233. The van der Waals surface area contributed by atoms with Crippen molar-refractivity contribution in [3.8, 4) is 17.3 Å². The van der Waals surface area contributed by atoms with Crippen LogP contribution in [0.15, 0.2) is 22.9 Å². The topological polar surface area (TPSA) is 107 Å². The fraction of sp³-hybridized carbons (Fsp3) is 0.533. The van der Waals surface area contributed by atoms with Crippen LogP contribution in [0.2, 0.25) is 0 Å². The van der Waals surface area contributed by atoms with Crippen LogP contribution in [0.4, 0.5) is 0 Å². The molecule has 0 aromatic carbocycles. The molecule has 0 amide bonds. The van der Waals surface area contributed by atoms with Crippen LogP contribution in [0.5, 0.6) is 5.88 Å². The largest absolute Gasteiger partial charge is 0.474 e. The van der Waals surface area contributed by atoms with E-state index in [1.807, 2.05) is 13.8 Å². The first-order chi connectivity index (χ1) is 11.3. The van der Waals surface area contributed by atoms with Crippen LogP contribution >= 0.6 is 0 Å². The summed E-state index contributed by atoms with van der Waals surface area (Å²) in [5, 5.41) is 6.68. The minimum atomic E-state index is -3.09. The molecule has 2 aromatic heterocycles. The third-order valence-electron chi connectivity index (χ3n) is 3.80. The molecule has 1 fully saturated rings. The van der Waals surface area contributed by atoms with Gasteiger partial charge in [0, 0.05) is 19.0 Å². The van der Waals surface area contributed by atoms with Gasteiger partial charge in [-0.1, -0.05) is 5.16 Å². The molecule has 9 heteroatoms. The summed E-state index contributed by atoms with van der Waals surface area (Å²) >= 11 is 0. The average molecular weight is 352 g/mol. The highest BCUT2D eigenvalue weighted by Gasteiger charge is 2.35. The van der Waals surface area contributed by atoms with E-state index in [0.29, 0.717) is 36.1 Å². The van der Waals surface area contributed by atoms with Gasteiger partial charge in [0.05, 0.1) is 23.0 Å². The maximum absolute atomic E-state index is 11.7. The van der Waals surface area contributed by atoms with Crippen molar-refractivity contribution in [3.05, 3.63) is 24.2 Å². The van der Waals surface area contributed by atoms with Crippen molar-refractivity contribution in [1.29, 1.82) is 0 Å². The zero-order valence-corrected chi connectivity index (χ0v) is 14.6. The van der Waals surface area contributed by atoms with Gasteiger partial charge in [0.15, 0.2) is 9.84 Å². The fourth-order valence-electron chi connectivity index (χ4n) is 2.58. The molecule has 2 atom stereocenters. The Kier molecular flexibility index (Phi) is 4.55. The predicted molar refractivity (Wildman–Crippen MR) is 87.3 cm³/mol. The number of hydrogen-bond donors (Lipinski definition) is 1. The van der Waals surface area contributed by atoms with Crippen LogP contribution in [0.3, 0.4) is 0 Å². The van der Waals surface area contributed by atoms with E-state index < -0.39 is 15.1 Å². The van der Waals surface area contributed by atoms with Crippen LogP contribution in [-0.4, -0.2) is 47.7 Å². The van der Waals surface area contributed by atoms with Crippen molar-refractivity contribution in [2.45, 2.75) is 37.7 Å². The second-order valence-corrected chi connectivity index (χ2v) is 8.45. The van der Waals surface area contributed by atoms with Gasteiger partial charge in [-0.05, 0) is 32.4 Å². The van der Waals surface area contributed by atoms with Gasteiger partial charge in [-0.25, -0.2) is 13.4 Å². The Hall–Kier alpha value is -2.00. The molecule has 1 aliphatic rings. The summed E-state index contributed by atoms with van der Waals surface area (Å²) < 4.78 is 34.3. The summed E-state index contributed by atoms with van der Waals surface area (Å²) in [6.07, 6.45) is 3.27. The van der Waals surface area contributed by atoms with Gasteiger partial charge in [0.2, 0.25) is 17.6 Å². The lowest BCUT2D eigenvalue weighted by atomic mass is 10.2. The minimum Gasteiger partial charge on any atom is -0.474 e. The maximum atomic E-state index is 11.7. The Labute approximate surface area is 140 Å². The van der Waals surface area contributed by atoms with Crippen LogP contribution in [0.25, 0.3) is 11.4 Å². The summed E-state index contributed by atoms with van der Waals surface area (Å²) in [4.78, 5) is 8.60. The smallest absolute Gasteiger partial charge is 0.244 e. The number of sulfone groups is 1. The van der Waals surface area contributed by atoms with Crippen molar-refractivity contribution < 1.29 is 17.7 Å². The molecule has 0 spiro atoms. The van der Waals surface area contributed by atoms with Gasteiger partial charge >= 0.3 is 0 Å². The number of nitrogens with one attached hydrogen (secondary N) is 1. The maximum Gasteiger partial charge on any atom is 0.244 e. The van der Waals surface area contributed by atoms with E-state index in [0.717, 1.165) is 0 Å². The van der Waals surface area contributed by atoms with Crippen molar-refractivity contribution >= 4 is 9.84 Å². The molecule has 1 N–H and O–H groups in total. The Morgan fingerprint density at radius 2 is 2.21 bits per heavy atom. The first-order valence-corrected chi connectivity index (χ1v) is 9.68. The Morgan fingerprint density at radius 1 is 1.42 bits per heavy atom. The quantitative estimate of drug-likeness (QED) is 0.859. The monoisotopic (exact) mass is 352 g/mol. The lowest BCUT2D eigenvalue weighted by Crippen LogP contribution is -2.22. The molecule has 0 unspecified atom stereocenters. The predicted octanol–water partition coefficient (Wildman–Crippen LogP) is 1.37. The number of pyridine rings is 1. The zero-order chi connectivity index (χ0) is 17.3. The van der Waals surface area contributed by atoms with Gasteiger partial charge in [-0.2, -0.15) is 4.98 Å². The number of hydrogen-bond acceptors (Lipinski definition) is 8. The Balaban J connectivity index is 1.82. The normalized spacial score (nSPS) is 21.3. The summed E-state index contributed by atoms with van der Waals surface area (Å²) in [5.74, 6) is 1.18. The molecule has 3 rings (SSSR count). The van der Waals surface area contributed by atoms with Crippen LogP contribution in [0.1, 0.15) is 32.2 Å². The van der Waals surface area contributed by atoms with Crippen LogP contribution < -0.4 is 10.1 Å². The molecule has 8 nitrogen and oxygen atoms in total. The van der Waals surface area contributed by atoms with E-state index in [4.69, 9.17) is 9.26 Å². The van der Waals surface area contributed by atoms with Crippen molar-refractivity contribution in [2.24, 2.45) is 0 Å². The molecule has 3 heterocycles. The van der Waals surface area contributed by atoms with Crippen molar-refractivity contribution in [2.75, 3.05) is 12.8 Å². The standard InChI is InChI=1S/C15H20N4O4S/c1-9(2)22-14-11(5-4-6-16-14)13-18-15(23-19-13)12-7-10(8-17-12)24(3,20)21/h4-6,9-10,12,17H,7-8H2,1-3H3/t10-,12+/m1/s1. The van der Waals surface area contributed by atoms with E-state index in [1.165, 1.54) is 6.26 Å². The molecule has 2 aromatic rings. The number of rotatable bonds is 5. The Bertz CT molecular complexity index is 818. The van der Waals surface area contributed by atoms with Gasteiger partial charge < -0.3 is 14.6 Å². The highest BCUT2D eigenvalue weighted by molar-refractivity contribution is 7.91. The molecule has 0 bridgehead atoms. The Morgan fingerprint density at radius 3 is 2.88 bits per heavy atom. The molecule has 130 valence electrons. The second-order valence-electron chi connectivity index (χ2n) is 6.13. The molecule has 24 heavy (non-hydrogen) atoms. The summed E-state index contributed by atoms with van der Waals surface area (Å²) in [7, 11) is -3.09. The first kappa shape index (κ1) is 16.8. The van der Waals surface area contributed by atoms with E-state index in [1.54, 1.807) is 18.3 Å². The summed E-state index contributed by atoms with van der Waals surface area (Å²) in [6.45, 7) is 4.21. The van der Waals surface area contributed by atoms with Crippen molar-refractivity contribution in [3.63, 3.8) is 0 Å². The molecule has 1 saturated heterocycles. The number of ether oxygens (including phenoxy) is 1. The summed E-state index contributed by atoms with van der Waals surface area (Å²) in [6, 6.07) is 3.31. The van der Waals surface area contributed by atoms with Crippen LogP contribution in [0, 0.1) is 0 Å². The number of aromatic nitrogens is 3. The summed E-state index contributed by atoms with van der Waals surface area (Å²) in [5.41, 5.74) is 0.638. The van der Waals surface area contributed by atoms with E-state index in [9.17, 15) is 8.42 Å². The molecule has 0 radical (unpaired) electrons. The van der Waals surface area contributed by atoms with Gasteiger partial charge in [-0.15, -0.1) is 0 Å². The number of nitrogens with zero attached hydrogens (tertiary/aromatic N) is 3. The zero-order valence-electron chi connectivity index (χ0n) is 13.8. The molecular formula is C15H20N4O4S. The molecular weight excluding hydrogens is 332 g/mol. The van der Waals surface area contributed by atoms with Gasteiger partial charge in [-0.3, -0.25) is 0 Å². The lowest BCUT2D eigenvalue weighted by Gasteiger charge is -2.10. The molecule has 1 aliphatic heterocycles. The first-order valence-electron chi connectivity index (χ1n) is 7.72. The second kappa shape index (κ2) is 6.48. The van der Waals surface area contributed by atoms with Gasteiger partial charge in [0.1, 0.15) is 0 Å². The average Bonchev–Trinajstić information content (AvgIpc) is 3.16. The fourth-order valence-corrected chi connectivity index (χ4v) is 3.52. The SMILES string of the molecule is CC(C)Oc1ncccc1-c1noc([C@@H]2C[C@@H](S(C)(=O)=O)CN2)n1. The van der Waals surface area contributed by atoms with Crippen LogP contribution in [-0.2, 0) is 9.84 Å². The third kappa shape index (κ3) is 3.57. The molecule has 0 saturated carbocycles. The highest BCUT2D eigenvalue weighted by atomic mass is 32.2. The minimum absolute atomic E-state index is 0.0305. The van der Waals surface area contributed by atoms with E-state index >= 15 is 0 Å². The van der Waals surface area contributed by atoms with E-state index in [-0.39, 0.29) is 12.1 Å². The highest BCUT2D eigenvalue weighted by Crippen LogP contribution is 2.30. The van der Waals surface area contributed by atoms with Crippen molar-refractivity contribution in [1.82, 2.24) is 20.4 Å². The van der Waals surface area contributed by atoms with E-state index in [2.05, 4.69) is 20.4 Å².